The number of hydrogen-bond acceptors (Lipinski definition) is 3. The Kier molecular flexibility index (Phi) is 4.24. The van der Waals surface area contributed by atoms with Gasteiger partial charge in [0, 0.05) is 26.0 Å². The Morgan fingerprint density at radius 2 is 1.93 bits per heavy atom. The molecule has 0 fully saturated rings. The van der Waals surface area contributed by atoms with Crippen molar-refractivity contribution in [2.24, 2.45) is 0 Å². The van der Waals surface area contributed by atoms with Crippen LogP contribution in [0.4, 0.5) is 13.2 Å². The molecule has 0 saturated heterocycles. The first-order valence-electron chi connectivity index (χ1n) is 3.69. The number of nitrogens with one attached hydrogen (secondary N) is 1. The molecular weight excluding hydrogens is 221 g/mol. The van der Waals surface area contributed by atoms with E-state index in [9.17, 15) is 21.6 Å². The zero-order valence-corrected chi connectivity index (χ0v) is 8.48. The van der Waals surface area contributed by atoms with Crippen LogP contribution in [0.2, 0.25) is 0 Å². The molecule has 14 heavy (non-hydrogen) atoms. The average molecular weight is 232 g/mol. The van der Waals surface area contributed by atoms with Gasteiger partial charge in [0.1, 0.15) is 0 Å². The number of hydrogen-bond donors (Lipinski definition) is 1. The molecule has 1 N–H and O–H groups in total. The quantitative estimate of drug-likeness (QED) is 0.781. The molecule has 8 heteroatoms. The fourth-order valence-electron chi connectivity index (χ4n) is 0.646. The molecular formula is C6H11F3N2O2S. The summed E-state index contributed by atoms with van der Waals surface area (Å²) in [6, 6.07) is 0. The van der Waals surface area contributed by atoms with Gasteiger partial charge in [0.2, 0.25) is 0 Å². The molecule has 0 heterocycles. The van der Waals surface area contributed by atoms with Gasteiger partial charge in [-0.05, 0) is 6.92 Å². The lowest BCUT2D eigenvalue weighted by Crippen LogP contribution is -2.37. The molecule has 0 aliphatic heterocycles. The summed E-state index contributed by atoms with van der Waals surface area (Å²) >= 11 is 0. The lowest BCUT2D eigenvalue weighted by molar-refractivity contribution is -0.0476. The molecule has 84 valence electrons. The second kappa shape index (κ2) is 4.54. The molecule has 0 rings (SSSR count). The highest BCUT2D eigenvalue weighted by Crippen LogP contribution is 2.26. The van der Waals surface area contributed by atoms with Gasteiger partial charge in [-0.2, -0.15) is 21.6 Å². The highest BCUT2D eigenvalue weighted by molar-refractivity contribution is 7.90. The Hall–Kier alpha value is -0.920. The summed E-state index contributed by atoms with van der Waals surface area (Å²) in [6.45, 7) is 1.03. The van der Waals surface area contributed by atoms with Crippen molar-refractivity contribution in [1.29, 1.82) is 0 Å². The summed E-state index contributed by atoms with van der Waals surface area (Å²) in [5, 5.41) is 2.40. The Morgan fingerprint density at radius 1 is 1.43 bits per heavy atom. The van der Waals surface area contributed by atoms with E-state index in [0.29, 0.717) is 0 Å². The molecule has 4 nitrogen and oxygen atoms in total. The van der Waals surface area contributed by atoms with E-state index >= 15 is 0 Å². The maximum atomic E-state index is 12.0. The van der Waals surface area contributed by atoms with Crippen molar-refractivity contribution in [2.75, 3.05) is 13.6 Å². The second-order valence-electron chi connectivity index (χ2n) is 2.26. The first-order valence-corrected chi connectivity index (χ1v) is 5.13. The maximum absolute atomic E-state index is 12.0. The summed E-state index contributed by atoms with van der Waals surface area (Å²) in [5.41, 5.74) is -5.26. The molecule has 0 unspecified atom stereocenters. The van der Waals surface area contributed by atoms with E-state index < -0.39 is 15.5 Å². The van der Waals surface area contributed by atoms with Gasteiger partial charge in [0.25, 0.3) is 0 Å². The van der Waals surface area contributed by atoms with Crippen LogP contribution in [0.5, 0.6) is 0 Å². The minimum absolute atomic E-state index is 0.212. The minimum Gasteiger partial charge on any atom is -0.393 e. The van der Waals surface area contributed by atoms with Crippen molar-refractivity contribution in [3.8, 4) is 0 Å². The third kappa shape index (κ3) is 2.79. The van der Waals surface area contributed by atoms with Crippen LogP contribution in [0.15, 0.2) is 12.4 Å². The van der Waals surface area contributed by atoms with E-state index in [-0.39, 0.29) is 10.8 Å². The predicted molar refractivity (Wildman–Crippen MR) is 45.6 cm³/mol. The molecule has 0 amide bonds. The summed E-state index contributed by atoms with van der Waals surface area (Å²) in [4.78, 5) is 0. The van der Waals surface area contributed by atoms with Gasteiger partial charge >= 0.3 is 15.5 Å². The van der Waals surface area contributed by atoms with Crippen molar-refractivity contribution >= 4 is 10.0 Å². The van der Waals surface area contributed by atoms with Gasteiger partial charge in [0.05, 0.1) is 0 Å². The van der Waals surface area contributed by atoms with Crippen molar-refractivity contribution in [2.45, 2.75) is 12.4 Å². The SMILES string of the molecule is CCN(/C=C\NC)S(=O)(=O)C(F)(F)F. The molecule has 0 saturated carbocycles. The van der Waals surface area contributed by atoms with Crippen molar-refractivity contribution in [3.05, 3.63) is 12.4 Å². The van der Waals surface area contributed by atoms with Gasteiger partial charge in [-0.15, -0.1) is 0 Å². The Balaban J connectivity index is 4.96. The van der Waals surface area contributed by atoms with Gasteiger partial charge in [-0.1, -0.05) is 0 Å². The zero-order chi connectivity index (χ0) is 11.4. The molecule has 0 radical (unpaired) electrons. The van der Waals surface area contributed by atoms with Crippen LogP contribution in [0, 0.1) is 0 Å². The number of sulfonamides is 1. The maximum Gasteiger partial charge on any atom is 0.516 e. The van der Waals surface area contributed by atoms with Gasteiger partial charge in [-0.25, -0.2) is 0 Å². The van der Waals surface area contributed by atoms with E-state index in [1.807, 2.05) is 0 Å². The minimum atomic E-state index is -5.26. The topological polar surface area (TPSA) is 49.4 Å². The molecule has 0 aromatic heterocycles. The number of nitrogens with zero attached hydrogens (tertiary/aromatic N) is 1. The molecule has 0 aromatic carbocycles. The van der Waals surface area contributed by atoms with Gasteiger partial charge in [-0.3, -0.25) is 4.31 Å². The number of alkyl halides is 3. The van der Waals surface area contributed by atoms with Crippen molar-refractivity contribution in [3.63, 3.8) is 0 Å². The highest BCUT2D eigenvalue weighted by Gasteiger charge is 2.48. The third-order valence-electron chi connectivity index (χ3n) is 1.32. The Bertz CT molecular complexity index is 297. The van der Waals surface area contributed by atoms with E-state index in [2.05, 4.69) is 5.32 Å². The number of halogens is 3. The van der Waals surface area contributed by atoms with E-state index in [1.165, 1.54) is 14.0 Å². The standard InChI is InChI=1S/C6H11F3N2O2S/c1-3-11(5-4-10-2)14(12,13)6(7,8)9/h4-5,10H,3H2,1-2H3/b5-4-. The van der Waals surface area contributed by atoms with Crippen LogP contribution in [-0.2, 0) is 10.0 Å². The van der Waals surface area contributed by atoms with Crippen LogP contribution in [0.25, 0.3) is 0 Å². The zero-order valence-electron chi connectivity index (χ0n) is 7.67. The van der Waals surface area contributed by atoms with Gasteiger partial charge in [0.15, 0.2) is 0 Å². The molecule has 0 spiro atoms. The molecule has 0 aliphatic rings. The lowest BCUT2D eigenvalue weighted by atomic mass is 10.7. The van der Waals surface area contributed by atoms with Crippen molar-refractivity contribution < 1.29 is 21.6 Å². The first-order chi connectivity index (χ1) is 6.27. The van der Waals surface area contributed by atoms with Crippen LogP contribution >= 0.6 is 0 Å². The Labute approximate surface area is 80.4 Å². The average Bonchev–Trinajstić information content (AvgIpc) is 2.03. The van der Waals surface area contributed by atoms with Crippen LogP contribution in [0.3, 0.4) is 0 Å². The summed E-state index contributed by atoms with van der Waals surface area (Å²) in [6.07, 6.45) is 1.93. The van der Waals surface area contributed by atoms with E-state index in [1.54, 1.807) is 0 Å². The fraction of sp³-hybridized carbons (Fsp3) is 0.667. The predicted octanol–water partition coefficient (Wildman–Crippen LogP) is 0.849. The first kappa shape index (κ1) is 13.1. The van der Waals surface area contributed by atoms with Crippen LogP contribution in [-0.4, -0.2) is 31.8 Å². The molecule has 0 bridgehead atoms. The summed E-state index contributed by atoms with van der Waals surface area (Å²) in [5.74, 6) is 0. The summed E-state index contributed by atoms with van der Waals surface area (Å²) < 4.78 is 57.9. The second-order valence-corrected chi connectivity index (χ2v) is 4.14. The largest absolute Gasteiger partial charge is 0.516 e. The fourth-order valence-corrected chi connectivity index (χ4v) is 1.47. The van der Waals surface area contributed by atoms with Gasteiger partial charge < -0.3 is 5.32 Å². The lowest BCUT2D eigenvalue weighted by Gasteiger charge is -2.19. The molecule has 0 aliphatic carbocycles. The monoisotopic (exact) mass is 232 g/mol. The van der Waals surface area contributed by atoms with Crippen molar-refractivity contribution in [1.82, 2.24) is 9.62 Å². The van der Waals surface area contributed by atoms with E-state index in [4.69, 9.17) is 0 Å². The Morgan fingerprint density at radius 3 is 2.21 bits per heavy atom. The van der Waals surface area contributed by atoms with E-state index in [0.717, 1.165) is 12.4 Å². The van der Waals surface area contributed by atoms with Crippen LogP contribution in [0.1, 0.15) is 6.92 Å². The summed E-state index contributed by atoms with van der Waals surface area (Å²) in [7, 11) is -3.81. The van der Waals surface area contributed by atoms with Crippen LogP contribution < -0.4 is 5.32 Å². The third-order valence-corrected chi connectivity index (χ3v) is 2.90. The number of rotatable bonds is 4. The highest BCUT2D eigenvalue weighted by atomic mass is 32.2. The smallest absolute Gasteiger partial charge is 0.393 e. The molecule has 0 aromatic rings. The normalized spacial score (nSPS) is 13.2. The molecule has 0 atom stereocenters.